The highest BCUT2D eigenvalue weighted by atomic mass is 16.4. The first-order valence-corrected chi connectivity index (χ1v) is 11.5. The van der Waals surface area contributed by atoms with E-state index in [0.717, 1.165) is 24.0 Å². The maximum atomic E-state index is 13.7. The molecule has 0 spiro atoms. The molecular formula is C26H26N2O5. The first kappa shape index (κ1) is 21.4. The zero-order valence-corrected chi connectivity index (χ0v) is 18.3. The standard InChI is InChI=1S/C26H26N2O5/c29-23(20-11-5-6-12-21(20)26(32)33)27-14-13-16-7-1-2-8-17(16)22(27)15-28-24(30)18-9-3-4-10-19(18)25(28)31/h1-4,7-10,20-22H,5-6,11-15H2,(H,32,33)/t20-,21+,22?/m1/s1. The van der Waals surface area contributed by atoms with Crippen molar-refractivity contribution in [2.24, 2.45) is 11.8 Å². The smallest absolute Gasteiger partial charge is 0.307 e. The summed E-state index contributed by atoms with van der Waals surface area (Å²) < 4.78 is 0. The number of carboxylic acid groups (broad SMARTS) is 1. The van der Waals surface area contributed by atoms with Crippen molar-refractivity contribution in [1.29, 1.82) is 0 Å². The van der Waals surface area contributed by atoms with Gasteiger partial charge in [-0.25, -0.2) is 0 Å². The van der Waals surface area contributed by atoms with Crippen molar-refractivity contribution in [2.75, 3.05) is 13.1 Å². The van der Waals surface area contributed by atoms with Crippen LogP contribution in [0.3, 0.4) is 0 Å². The van der Waals surface area contributed by atoms with Crippen LogP contribution >= 0.6 is 0 Å². The molecule has 7 nitrogen and oxygen atoms in total. The van der Waals surface area contributed by atoms with E-state index in [9.17, 15) is 24.3 Å². The van der Waals surface area contributed by atoms with Gasteiger partial charge in [0.25, 0.3) is 11.8 Å². The summed E-state index contributed by atoms with van der Waals surface area (Å²) in [5.74, 6) is -3.09. The van der Waals surface area contributed by atoms with E-state index in [1.807, 2.05) is 24.3 Å². The van der Waals surface area contributed by atoms with E-state index in [2.05, 4.69) is 0 Å². The van der Waals surface area contributed by atoms with Crippen LogP contribution in [0.15, 0.2) is 48.5 Å². The van der Waals surface area contributed by atoms with Crippen LogP contribution in [0.1, 0.15) is 63.6 Å². The van der Waals surface area contributed by atoms with Gasteiger partial charge in [-0.1, -0.05) is 49.2 Å². The third-order valence-electron chi connectivity index (χ3n) is 7.33. The Balaban J connectivity index is 1.48. The van der Waals surface area contributed by atoms with Crippen LogP contribution < -0.4 is 0 Å². The number of nitrogens with zero attached hydrogens (tertiary/aromatic N) is 2. The molecule has 3 atom stereocenters. The predicted octanol–water partition coefficient (Wildman–Crippen LogP) is 3.30. The summed E-state index contributed by atoms with van der Waals surface area (Å²) in [6.07, 6.45) is 3.34. The molecule has 170 valence electrons. The Labute approximate surface area is 192 Å². The van der Waals surface area contributed by atoms with E-state index >= 15 is 0 Å². The van der Waals surface area contributed by atoms with E-state index in [1.165, 1.54) is 4.90 Å². The monoisotopic (exact) mass is 446 g/mol. The molecule has 1 N–H and O–H groups in total. The lowest BCUT2D eigenvalue weighted by Crippen LogP contribution is -2.50. The number of rotatable bonds is 4. The molecule has 1 saturated carbocycles. The van der Waals surface area contributed by atoms with Gasteiger partial charge >= 0.3 is 5.97 Å². The summed E-state index contributed by atoms with van der Waals surface area (Å²) in [6.45, 7) is 0.492. The summed E-state index contributed by atoms with van der Waals surface area (Å²) in [7, 11) is 0. The SMILES string of the molecule is O=C(O)[C@H]1CCCC[C@H]1C(=O)N1CCc2ccccc2C1CN1C(=O)c2ccccc2C1=O. The van der Waals surface area contributed by atoms with Gasteiger partial charge in [0.1, 0.15) is 0 Å². The van der Waals surface area contributed by atoms with Gasteiger partial charge in [-0.3, -0.25) is 24.1 Å². The van der Waals surface area contributed by atoms with Crippen molar-refractivity contribution in [3.8, 4) is 0 Å². The fourth-order valence-electron chi connectivity index (χ4n) is 5.63. The predicted molar refractivity (Wildman–Crippen MR) is 119 cm³/mol. The molecule has 0 saturated heterocycles. The number of hydrogen-bond donors (Lipinski definition) is 1. The number of amides is 3. The third-order valence-corrected chi connectivity index (χ3v) is 7.33. The molecule has 2 heterocycles. The summed E-state index contributed by atoms with van der Waals surface area (Å²) in [5.41, 5.74) is 2.75. The molecule has 1 unspecified atom stereocenters. The molecule has 2 aromatic carbocycles. The van der Waals surface area contributed by atoms with Gasteiger partial charge in [-0.2, -0.15) is 0 Å². The number of aliphatic carboxylic acids is 1. The van der Waals surface area contributed by atoms with Gasteiger partial charge in [-0.15, -0.1) is 0 Å². The van der Waals surface area contributed by atoms with Crippen LogP contribution in [0.25, 0.3) is 0 Å². The summed E-state index contributed by atoms with van der Waals surface area (Å²) >= 11 is 0. The molecule has 3 amide bonds. The Morgan fingerprint density at radius 2 is 1.48 bits per heavy atom. The Kier molecular flexibility index (Phi) is 5.48. The van der Waals surface area contributed by atoms with Crippen molar-refractivity contribution in [2.45, 2.75) is 38.1 Å². The van der Waals surface area contributed by atoms with E-state index < -0.39 is 23.8 Å². The minimum Gasteiger partial charge on any atom is -0.481 e. The topological polar surface area (TPSA) is 95.0 Å². The lowest BCUT2D eigenvalue weighted by atomic mass is 9.77. The van der Waals surface area contributed by atoms with Crippen molar-refractivity contribution < 1.29 is 24.3 Å². The summed E-state index contributed by atoms with van der Waals surface area (Å²) in [4.78, 5) is 54.6. The number of carbonyl (C=O) groups is 4. The summed E-state index contributed by atoms with van der Waals surface area (Å²) in [5, 5.41) is 9.71. The van der Waals surface area contributed by atoms with Crippen molar-refractivity contribution in [3.63, 3.8) is 0 Å². The average Bonchev–Trinajstić information content (AvgIpc) is 3.08. The van der Waals surface area contributed by atoms with Crippen LogP contribution in [0.5, 0.6) is 0 Å². The Morgan fingerprint density at radius 1 is 0.879 bits per heavy atom. The zero-order chi connectivity index (χ0) is 23.1. The Hall–Kier alpha value is -3.48. The van der Waals surface area contributed by atoms with E-state index in [4.69, 9.17) is 0 Å². The second-order valence-corrected chi connectivity index (χ2v) is 9.10. The normalized spacial score (nSPS) is 24.4. The highest BCUT2D eigenvalue weighted by Crippen LogP contribution is 2.38. The van der Waals surface area contributed by atoms with Gasteiger partial charge in [0.15, 0.2) is 0 Å². The number of hydrogen-bond acceptors (Lipinski definition) is 4. The highest BCUT2D eigenvalue weighted by Gasteiger charge is 2.44. The zero-order valence-electron chi connectivity index (χ0n) is 18.3. The average molecular weight is 447 g/mol. The minimum absolute atomic E-state index is 0.0551. The Morgan fingerprint density at radius 3 is 2.15 bits per heavy atom. The lowest BCUT2D eigenvalue weighted by Gasteiger charge is -2.42. The first-order chi connectivity index (χ1) is 16.0. The van der Waals surface area contributed by atoms with E-state index in [1.54, 1.807) is 29.2 Å². The van der Waals surface area contributed by atoms with Gasteiger partial charge < -0.3 is 10.0 Å². The Bertz CT molecular complexity index is 1110. The maximum absolute atomic E-state index is 13.7. The molecule has 3 aliphatic rings. The molecule has 7 heteroatoms. The number of carboxylic acids is 1. The van der Waals surface area contributed by atoms with E-state index in [-0.39, 0.29) is 24.3 Å². The van der Waals surface area contributed by atoms with Gasteiger partial charge in [-0.05, 0) is 42.5 Å². The van der Waals surface area contributed by atoms with Crippen molar-refractivity contribution >= 4 is 23.7 Å². The maximum Gasteiger partial charge on any atom is 0.307 e. The van der Waals surface area contributed by atoms with Crippen LogP contribution in [0.2, 0.25) is 0 Å². The largest absolute Gasteiger partial charge is 0.481 e. The molecule has 0 bridgehead atoms. The second kappa shape index (κ2) is 8.46. The van der Waals surface area contributed by atoms with E-state index in [0.29, 0.717) is 36.9 Å². The highest BCUT2D eigenvalue weighted by molar-refractivity contribution is 6.21. The number of carbonyl (C=O) groups excluding carboxylic acids is 3. The molecule has 1 aliphatic carbocycles. The molecule has 33 heavy (non-hydrogen) atoms. The van der Waals surface area contributed by atoms with Gasteiger partial charge in [0, 0.05) is 6.54 Å². The molecular weight excluding hydrogens is 420 g/mol. The van der Waals surface area contributed by atoms with Crippen LogP contribution in [0, 0.1) is 11.8 Å². The first-order valence-electron chi connectivity index (χ1n) is 11.5. The molecule has 5 rings (SSSR count). The number of benzene rings is 2. The minimum atomic E-state index is -0.928. The number of imide groups is 1. The van der Waals surface area contributed by atoms with Crippen molar-refractivity contribution in [1.82, 2.24) is 9.80 Å². The lowest BCUT2D eigenvalue weighted by molar-refractivity contribution is -0.153. The fraction of sp³-hybridized carbons (Fsp3) is 0.385. The molecule has 2 aliphatic heterocycles. The second-order valence-electron chi connectivity index (χ2n) is 9.10. The third kappa shape index (κ3) is 3.61. The van der Waals surface area contributed by atoms with Crippen LogP contribution in [-0.2, 0) is 16.0 Å². The van der Waals surface area contributed by atoms with Crippen LogP contribution in [0.4, 0.5) is 0 Å². The quantitative estimate of drug-likeness (QED) is 0.727. The number of fused-ring (bicyclic) bond motifs is 2. The van der Waals surface area contributed by atoms with Crippen LogP contribution in [-0.4, -0.2) is 51.7 Å². The summed E-state index contributed by atoms with van der Waals surface area (Å²) in [6, 6.07) is 14.0. The van der Waals surface area contributed by atoms with Gasteiger partial charge in [0.2, 0.25) is 5.91 Å². The molecule has 2 aromatic rings. The fourth-order valence-corrected chi connectivity index (χ4v) is 5.63. The molecule has 1 fully saturated rings. The molecule has 0 radical (unpaired) electrons. The molecule has 0 aromatic heterocycles. The van der Waals surface area contributed by atoms with Crippen molar-refractivity contribution in [3.05, 3.63) is 70.8 Å². The van der Waals surface area contributed by atoms with Gasteiger partial charge in [0.05, 0.1) is 35.5 Å².